The summed E-state index contributed by atoms with van der Waals surface area (Å²) in [7, 11) is 0. The van der Waals surface area contributed by atoms with Gasteiger partial charge in [0, 0.05) is 37.9 Å². The fraction of sp³-hybridized carbons (Fsp3) is 0.692. The Bertz CT molecular complexity index is 366. The minimum Gasteiger partial charge on any atom is -0.369 e. The van der Waals surface area contributed by atoms with E-state index in [2.05, 4.69) is 15.9 Å². The topological polar surface area (TPSA) is 50.2 Å². The van der Waals surface area contributed by atoms with Crippen LogP contribution in [0.1, 0.15) is 25.7 Å². The van der Waals surface area contributed by atoms with Gasteiger partial charge in [0.2, 0.25) is 0 Å². The van der Waals surface area contributed by atoms with Crippen LogP contribution in [0.3, 0.4) is 0 Å². The van der Waals surface area contributed by atoms with Crippen molar-refractivity contribution < 1.29 is 10.4 Å². The van der Waals surface area contributed by atoms with Crippen molar-refractivity contribution in [2.24, 2.45) is 0 Å². The summed E-state index contributed by atoms with van der Waals surface area (Å²) < 4.78 is 0. The van der Waals surface area contributed by atoms with Crippen LogP contribution in [-0.4, -0.2) is 57.7 Å². The summed E-state index contributed by atoms with van der Waals surface area (Å²) in [5, 5.41) is 18.4. The SMILES string of the molecule is ON(O)C1=CC(N2CCN(C3CC3)CC2)=CCC1. The fourth-order valence-electron chi connectivity index (χ4n) is 2.83. The Morgan fingerprint density at radius 2 is 1.83 bits per heavy atom. The molecule has 100 valence electrons. The van der Waals surface area contributed by atoms with Crippen molar-refractivity contribution in [2.75, 3.05) is 26.2 Å². The van der Waals surface area contributed by atoms with Gasteiger partial charge in [-0.2, -0.15) is 0 Å². The second-order valence-corrected chi connectivity index (χ2v) is 5.35. The van der Waals surface area contributed by atoms with Crippen molar-refractivity contribution in [3.8, 4) is 0 Å². The number of nitrogens with zero attached hydrogens (tertiary/aromatic N) is 3. The van der Waals surface area contributed by atoms with Gasteiger partial charge < -0.3 is 4.90 Å². The largest absolute Gasteiger partial charge is 0.369 e. The predicted molar refractivity (Wildman–Crippen MR) is 67.0 cm³/mol. The zero-order valence-electron chi connectivity index (χ0n) is 10.6. The summed E-state index contributed by atoms with van der Waals surface area (Å²) in [4.78, 5) is 4.93. The van der Waals surface area contributed by atoms with Crippen LogP contribution in [0.15, 0.2) is 23.5 Å². The molecule has 1 heterocycles. The first kappa shape index (κ1) is 12.0. The monoisotopic (exact) mass is 251 g/mol. The number of allylic oxidation sites excluding steroid dienone is 3. The lowest BCUT2D eigenvalue weighted by atomic mass is 10.1. The molecule has 0 aromatic carbocycles. The minimum atomic E-state index is 0.257. The van der Waals surface area contributed by atoms with E-state index in [9.17, 15) is 0 Å². The summed E-state index contributed by atoms with van der Waals surface area (Å²) in [5.74, 6) is 0. The molecule has 5 nitrogen and oxygen atoms in total. The average Bonchev–Trinajstić information content (AvgIpc) is 3.23. The maximum Gasteiger partial charge on any atom is 0.0740 e. The second kappa shape index (κ2) is 4.91. The first-order valence-corrected chi connectivity index (χ1v) is 6.81. The molecule has 0 amide bonds. The van der Waals surface area contributed by atoms with Crippen LogP contribution in [0.4, 0.5) is 0 Å². The first-order valence-electron chi connectivity index (χ1n) is 6.81. The molecule has 1 aliphatic heterocycles. The maximum atomic E-state index is 9.08. The molecule has 0 spiro atoms. The molecular weight excluding hydrogens is 230 g/mol. The standard InChI is InChI=1S/C13H21N3O2/c17-16(18)13-3-1-2-12(10-13)15-8-6-14(7-9-15)11-4-5-11/h2,10-11,17-18H,1,3-9H2. The maximum absolute atomic E-state index is 9.08. The lowest BCUT2D eigenvalue weighted by Gasteiger charge is -2.37. The molecule has 0 unspecified atom stereocenters. The number of piperazine rings is 1. The third kappa shape index (κ3) is 2.53. The van der Waals surface area contributed by atoms with Gasteiger partial charge in [-0.15, -0.1) is 5.23 Å². The van der Waals surface area contributed by atoms with Crippen LogP contribution in [0.5, 0.6) is 0 Å². The van der Waals surface area contributed by atoms with E-state index in [-0.39, 0.29) is 5.23 Å². The van der Waals surface area contributed by atoms with Gasteiger partial charge in [-0.25, -0.2) is 0 Å². The van der Waals surface area contributed by atoms with Crippen molar-refractivity contribution >= 4 is 0 Å². The molecule has 2 fully saturated rings. The molecule has 2 aliphatic carbocycles. The molecule has 18 heavy (non-hydrogen) atoms. The summed E-state index contributed by atoms with van der Waals surface area (Å²) >= 11 is 0. The molecule has 3 aliphatic rings. The zero-order valence-corrected chi connectivity index (χ0v) is 10.6. The van der Waals surface area contributed by atoms with Gasteiger partial charge in [0.1, 0.15) is 0 Å². The predicted octanol–water partition coefficient (Wildman–Crippen LogP) is 1.41. The van der Waals surface area contributed by atoms with Crippen molar-refractivity contribution in [3.05, 3.63) is 23.5 Å². The fourth-order valence-corrected chi connectivity index (χ4v) is 2.83. The van der Waals surface area contributed by atoms with Crippen LogP contribution >= 0.6 is 0 Å². The molecule has 5 heteroatoms. The number of hydrogen-bond donors (Lipinski definition) is 2. The van der Waals surface area contributed by atoms with Gasteiger partial charge in [-0.05, 0) is 31.8 Å². The Balaban J connectivity index is 1.60. The van der Waals surface area contributed by atoms with Gasteiger partial charge in [0.05, 0.1) is 5.70 Å². The molecule has 0 aromatic heterocycles. The van der Waals surface area contributed by atoms with Crippen molar-refractivity contribution in [3.63, 3.8) is 0 Å². The number of rotatable bonds is 3. The normalized spacial score (nSPS) is 25.8. The number of hydroxylamine groups is 2. The third-order valence-electron chi connectivity index (χ3n) is 4.07. The lowest BCUT2D eigenvalue weighted by molar-refractivity contribution is -0.280. The van der Waals surface area contributed by atoms with Crippen molar-refractivity contribution in [1.29, 1.82) is 0 Å². The minimum absolute atomic E-state index is 0.257. The Labute approximate surface area is 107 Å². The van der Waals surface area contributed by atoms with E-state index in [1.807, 2.05) is 6.08 Å². The molecule has 0 radical (unpaired) electrons. The van der Waals surface area contributed by atoms with E-state index >= 15 is 0 Å². The van der Waals surface area contributed by atoms with E-state index < -0.39 is 0 Å². The molecular formula is C13H21N3O2. The highest BCUT2D eigenvalue weighted by Gasteiger charge is 2.31. The van der Waals surface area contributed by atoms with Gasteiger partial charge in [0.25, 0.3) is 0 Å². The summed E-state index contributed by atoms with van der Waals surface area (Å²) in [5.41, 5.74) is 1.72. The summed E-state index contributed by atoms with van der Waals surface area (Å²) in [6.45, 7) is 4.35. The highest BCUT2D eigenvalue weighted by atomic mass is 16.8. The van der Waals surface area contributed by atoms with E-state index in [1.165, 1.54) is 12.8 Å². The summed E-state index contributed by atoms with van der Waals surface area (Å²) in [6, 6.07) is 0.851. The van der Waals surface area contributed by atoms with Crippen LogP contribution in [0.25, 0.3) is 0 Å². The molecule has 2 N–H and O–H groups in total. The smallest absolute Gasteiger partial charge is 0.0740 e. The van der Waals surface area contributed by atoms with E-state index in [0.29, 0.717) is 12.1 Å². The first-order chi connectivity index (χ1) is 8.74. The Hall–Kier alpha value is -1.04. The van der Waals surface area contributed by atoms with E-state index in [0.717, 1.165) is 44.3 Å². The summed E-state index contributed by atoms with van der Waals surface area (Å²) in [6.07, 6.45) is 8.39. The number of hydrogen-bond acceptors (Lipinski definition) is 5. The van der Waals surface area contributed by atoms with Crippen LogP contribution < -0.4 is 0 Å². The Morgan fingerprint density at radius 1 is 1.11 bits per heavy atom. The highest BCUT2D eigenvalue weighted by molar-refractivity contribution is 5.26. The molecule has 0 atom stereocenters. The molecule has 1 saturated carbocycles. The molecule has 3 rings (SSSR count). The van der Waals surface area contributed by atoms with Crippen molar-refractivity contribution in [1.82, 2.24) is 15.0 Å². The third-order valence-corrected chi connectivity index (χ3v) is 4.07. The van der Waals surface area contributed by atoms with Crippen molar-refractivity contribution in [2.45, 2.75) is 31.7 Å². The van der Waals surface area contributed by atoms with Gasteiger partial charge in [-0.1, -0.05) is 6.08 Å². The average molecular weight is 251 g/mol. The lowest BCUT2D eigenvalue weighted by Crippen LogP contribution is -2.46. The molecule has 1 saturated heterocycles. The van der Waals surface area contributed by atoms with Gasteiger partial charge in [-0.3, -0.25) is 15.3 Å². The van der Waals surface area contributed by atoms with Crippen LogP contribution in [-0.2, 0) is 0 Å². The highest BCUT2D eigenvalue weighted by Crippen LogP contribution is 2.29. The Kier molecular flexibility index (Phi) is 3.28. The van der Waals surface area contributed by atoms with E-state index in [1.54, 1.807) is 0 Å². The molecule has 0 bridgehead atoms. The second-order valence-electron chi connectivity index (χ2n) is 5.35. The van der Waals surface area contributed by atoms with Gasteiger partial charge >= 0.3 is 0 Å². The van der Waals surface area contributed by atoms with Crippen LogP contribution in [0.2, 0.25) is 0 Å². The Morgan fingerprint density at radius 3 is 2.44 bits per heavy atom. The zero-order chi connectivity index (χ0) is 12.5. The van der Waals surface area contributed by atoms with Gasteiger partial charge in [0.15, 0.2) is 0 Å². The van der Waals surface area contributed by atoms with Crippen LogP contribution in [0, 0.1) is 0 Å². The quantitative estimate of drug-likeness (QED) is 0.743. The van der Waals surface area contributed by atoms with E-state index in [4.69, 9.17) is 10.4 Å². The molecule has 0 aromatic rings.